The molecule has 0 aliphatic heterocycles. The molecule has 0 spiro atoms. The Morgan fingerprint density at radius 1 is 1.04 bits per heavy atom. The molecular formula is C21H22N4O3. The van der Waals surface area contributed by atoms with Crippen molar-refractivity contribution in [2.24, 2.45) is 0 Å². The van der Waals surface area contributed by atoms with Crippen LogP contribution in [0.2, 0.25) is 0 Å². The van der Waals surface area contributed by atoms with Gasteiger partial charge in [-0.2, -0.15) is 0 Å². The molecule has 0 fully saturated rings. The number of likely N-dealkylation sites (N-methyl/N-ethyl adjacent to an activating group) is 1. The van der Waals surface area contributed by atoms with E-state index < -0.39 is 10.8 Å². The fourth-order valence-corrected chi connectivity index (χ4v) is 2.86. The highest BCUT2D eigenvalue weighted by molar-refractivity contribution is 6.06. The average Bonchev–Trinajstić information content (AvgIpc) is 2.67. The third-order valence-corrected chi connectivity index (χ3v) is 4.34. The molecule has 28 heavy (non-hydrogen) atoms. The van der Waals surface area contributed by atoms with E-state index in [2.05, 4.69) is 10.6 Å². The van der Waals surface area contributed by atoms with E-state index in [1.165, 1.54) is 6.07 Å². The number of carbonyl (C=O) groups is 1. The van der Waals surface area contributed by atoms with Crippen LogP contribution in [0.25, 0.3) is 10.8 Å². The van der Waals surface area contributed by atoms with Crippen LogP contribution in [-0.4, -0.2) is 42.9 Å². The van der Waals surface area contributed by atoms with Crippen molar-refractivity contribution in [2.45, 2.75) is 0 Å². The van der Waals surface area contributed by atoms with E-state index in [0.29, 0.717) is 17.9 Å². The summed E-state index contributed by atoms with van der Waals surface area (Å²) in [4.78, 5) is 25.5. The summed E-state index contributed by atoms with van der Waals surface area (Å²) in [5, 5.41) is 19.4. The van der Waals surface area contributed by atoms with Gasteiger partial charge in [0.1, 0.15) is 5.69 Å². The van der Waals surface area contributed by atoms with E-state index in [-0.39, 0.29) is 11.3 Å². The molecule has 0 atom stereocenters. The first-order valence-electron chi connectivity index (χ1n) is 8.91. The topological polar surface area (TPSA) is 87.5 Å². The van der Waals surface area contributed by atoms with Gasteiger partial charge < -0.3 is 15.5 Å². The van der Waals surface area contributed by atoms with Gasteiger partial charge in [0, 0.05) is 30.4 Å². The van der Waals surface area contributed by atoms with Crippen molar-refractivity contribution in [1.29, 1.82) is 0 Å². The van der Waals surface area contributed by atoms with Crippen molar-refractivity contribution >= 4 is 33.7 Å². The van der Waals surface area contributed by atoms with E-state index in [1.807, 2.05) is 61.5 Å². The van der Waals surface area contributed by atoms with Crippen LogP contribution in [0.4, 0.5) is 17.1 Å². The second-order valence-electron chi connectivity index (χ2n) is 6.74. The van der Waals surface area contributed by atoms with Crippen LogP contribution in [0.3, 0.4) is 0 Å². The normalized spacial score (nSPS) is 10.8. The molecule has 3 aromatic carbocycles. The Morgan fingerprint density at radius 2 is 1.79 bits per heavy atom. The first kappa shape index (κ1) is 19.3. The van der Waals surface area contributed by atoms with Gasteiger partial charge in [-0.3, -0.25) is 14.9 Å². The Kier molecular flexibility index (Phi) is 5.86. The van der Waals surface area contributed by atoms with Gasteiger partial charge in [0.15, 0.2) is 0 Å². The highest BCUT2D eigenvalue weighted by atomic mass is 16.6. The van der Waals surface area contributed by atoms with Crippen LogP contribution in [0.15, 0.2) is 60.7 Å². The van der Waals surface area contributed by atoms with Gasteiger partial charge >= 0.3 is 0 Å². The molecule has 1 amide bonds. The summed E-state index contributed by atoms with van der Waals surface area (Å²) in [5.74, 6) is -0.391. The Balaban J connectivity index is 1.78. The molecule has 0 unspecified atom stereocenters. The molecule has 0 aromatic heterocycles. The molecular weight excluding hydrogens is 356 g/mol. The molecule has 0 saturated carbocycles. The van der Waals surface area contributed by atoms with Crippen molar-refractivity contribution in [3.63, 3.8) is 0 Å². The average molecular weight is 378 g/mol. The van der Waals surface area contributed by atoms with Crippen molar-refractivity contribution in [1.82, 2.24) is 4.90 Å². The maximum Gasteiger partial charge on any atom is 0.293 e. The summed E-state index contributed by atoms with van der Waals surface area (Å²) >= 11 is 0. The number of nitrogens with one attached hydrogen (secondary N) is 2. The minimum Gasteiger partial charge on any atom is -0.378 e. The van der Waals surface area contributed by atoms with Crippen LogP contribution in [0.5, 0.6) is 0 Å². The first-order chi connectivity index (χ1) is 13.4. The lowest BCUT2D eigenvalue weighted by molar-refractivity contribution is -0.384. The second-order valence-corrected chi connectivity index (χ2v) is 6.74. The summed E-state index contributed by atoms with van der Waals surface area (Å²) in [6, 6.07) is 17.9. The van der Waals surface area contributed by atoms with E-state index >= 15 is 0 Å². The van der Waals surface area contributed by atoms with Gasteiger partial charge in [0.05, 0.1) is 4.92 Å². The zero-order valence-corrected chi connectivity index (χ0v) is 15.8. The number of hydrogen-bond donors (Lipinski definition) is 2. The van der Waals surface area contributed by atoms with Gasteiger partial charge in [-0.05, 0) is 49.1 Å². The van der Waals surface area contributed by atoms with Crippen molar-refractivity contribution in [3.05, 3.63) is 76.3 Å². The SMILES string of the molecule is CN(C)CCNc1ccc(C(=O)Nc2ccc3ccccc3c2)cc1[N+](=O)[O-]. The predicted octanol–water partition coefficient (Wildman–Crippen LogP) is 3.97. The molecule has 0 saturated heterocycles. The molecule has 0 aliphatic carbocycles. The summed E-state index contributed by atoms with van der Waals surface area (Å²) < 4.78 is 0. The summed E-state index contributed by atoms with van der Waals surface area (Å²) in [6.45, 7) is 1.30. The van der Waals surface area contributed by atoms with Gasteiger partial charge in [0.25, 0.3) is 11.6 Å². The Hall–Kier alpha value is -3.45. The van der Waals surface area contributed by atoms with Crippen molar-refractivity contribution in [3.8, 4) is 0 Å². The van der Waals surface area contributed by atoms with Crippen LogP contribution >= 0.6 is 0 Å². The molecule has 0 bridgehead atoms. The lowest BCUT2D eigenvalue weighted by atomic mass is 10.1. The monoisotopic (exact) mass is 378 g/mol. The van der Waals surface area contributed by atoms with Crippen LogP contribution in [0.1, 0.15) is 10.4 Å². The molecule has 0 radical (unpaired) electrons. The van der Waals surface area contributed by atoms with E-state index in [1.54, 1.807) is 12.1 Å². The smallest absolute Gasteiger partial charge is 0.293 e. The Morgan fingerprint density at radius 3 is 2.50 bits per heavy atom. The predicted molar refractivity (Wildman–Crippen MR) is 112 cm³/mol. The van der Waals surface area contributed by atoms with Crippen LogP contribution < -0.4 is 10.6 Å². The zero-order chi connectivity index (χ0) is 20.1. The molecule has 7 nitrogen and oxygen atoms in total. The van der Waals surface area contributed by atoms with Gasteiger partial charge in [-0.1, -0.05) is 30.3 Å². The Bertz CT molecular complexity index is 1020. The molecule has 3 aromatic rings. The summed E-state index contributed by atoms with van der Waals surface area (Å²) in [6.07, 6.45) is 0. The number of carbonyl (C=O) groups excluding carboxylic acids is 1. The van der Waals surface area contributed by atoms with E-state index in [9.17, 15) is 14.9 Å². The fraction of sp³-hybridized carbons (Fsp3) is 0.190. The molecule has 0 heterocycles. The first-order valence-corrected chi connectivity index (χ1v) is 8.91. The lowest BCUT2D eigenvalue weighted by Gasteiger charge is -2.12. The largest absolute Gasteiger partial charge is 0.378 e. The standard InChI is InChI=1S/C21H22N4O3/c1-24(2)12-11-22-19-10-8-17(14-20(19)25(27)28)21(26)23-18-9-7-15-5-3-4-6-16(15)13-18/h3-10,13-14,22H,11-12H2,1-2H3,(H,23,26). The highest BCUT2D eigenvalue weighted by Crippen LogP contribution is 2.26. The number of benzene rings is 3. The van der Waals surface area contributed by atoms with Crippen LogP contribution in [0, 0.1) is 10.1 Å². The maximum absolute atomic E-state index is 12.6. The lowest BCUT2D eigenvalue weighted by Crippen LogP contribution is -2.21. The number of hydrogen-bond acceptors (Lipinski definition) is 5. The number of nitro groups is 1. The third kappa shape index (κ3) is 4.63. The third-order valence-electron chi connectivity index (χ3n) is 4.34. The number of amides is 1. The van der Waals surface area contributed by atoms with Crippen molar-refractivity contribution in [2.75, 3.05) is 37.8 Å². The second kappa shape index (κ2) is 8.49. The van der Waals surface area contributed by atoms with Crippen LogP contribution in [-0.2, 0) is 0 Å². The maximum atomic E-state index is 12.6. The fourth-order valence-electron chi connectivity index (χ4n) is 2.86. The molecule has 7 heteroatoms. The summed E-state index contributed by atoms with van der Waals surface area (Å²) in [7, 11) is 3.85. The number of nitrogens with zero attached hydrogens (tertiary/aromatic N) is 2. The number of fused-ring (bicyclic) bond motifs is 1. The van der Waals surface area contributed by atoms with E-state index in [0.717, 1.165) is 17.3 Å². The Labute approximate surface area is 163 Å². The zero-order valence-electron chi connectivity index (χ0n) is 15.8. The quantitative estimate of drug-likeness (QED) is 0.480. The number of anilines is 2. The van der Waals surface area contributed by atoms with Gasteiger partial charge in [0.2, 0.25) is 0 Å². The molecule has 144 valence electrons. The summed E-state index contributed by atoms with van der Waals surface area (Å²) in [5.41, 5.74) is 1.15. The van der Waals surface area contributed by atoms with Gasteiger partial charge in [-0.15, -0.1) is 0 Å². The van der Waals surface area contributed by atoms with Crippen molar-refractivity contribution < 1.29 is 9.72 Å². The number of rotatable bonds is 7. The highest BCUT2D eigenvalue weighted by Gasteiger charge is 2.17. The van der Waals surface area contributed by atoms with E-state index in [4.69, 9.17) is 0 Å². The number of nitro benzene ring substituents is 1. The minimum absolute atomic E-state index is 0.120. The molecule has 3 rings (SSSR count). The molecule has 0 aliphatic rings. The minimum atomic E-state index is -0.481. The van der Waals surface area contributed by atoms with Gasteiger partial charge in [-0.25, -0.2) is 0 Å². The molecule has 2 N–H and O–H groups in total.